The number of benzene rings is 2. The normalized spacial score (nSPS) is 12.3. The lowest BCUT2D eigenvalue weighted by atomic mass is 9.79. The number of hydrogen-bond donors (Lipinski definition) is 0. The van der Waals surface area contributed by atoms with Crippen molar-refractivity contribution < 1.29 is 4.74 Å². The van der Waals surface area contributed by atoms with Crippen LogP contribution in [0.25, 0.3) is 11.1 Å². The third kappa shape index (κ3) is 4.50. The van der Waals surface area contributed by atoms with Crippen LogP contribution in [-0.4, -0.2) is 5.60 Å². The van der Waals surface area contributed by atoms with Gasteiger partial charge in [0.2, 0.25) is 0 Å². The molecule has 0 saturated heterocycles. The Labute approximate surface area is 160 Å². The van der Waals surface area contributed by atoms with E-state index < -0.39 is 0 Å². The zero-order valence-electron chi connectivity index (χ0n) is 18.1. The highest BCUT2D eigenvalue weighted by Crippen LogP contribution is 2.42. The second-order valence-corrected chi connectivity index (χ2v) is 9.20. The second-order valence-electron chi connectivity index (χ2n) is 9.20. The highest BCUT2D eigenvalue weighted by Gasteiger charge is 2.23. The van der Waals surface area contributed by atoms with E-state index in [-0.39, 0.29) is 5.60 Å². The van der Waals surface area contributed by atoms with Crippen molar-refractivity contribution in [2.75, 3.05) is 0 Å². The molecule has 0 spiro atoms. The lowest BCUT2D eigenvalue weighted by Crippen LogP contribution is -2.23. The zero-order valence-corrected chi connectivity index (χ0v) is 18.1. The summed E-state index contributed by atoms with van der Waals surface area (Å²) >= 11 is 0. The molecule has 2 rings (SSSR count). The third-order valence-electron chi connectivity index (χ3n) is 4.69. The standard InChI is InChI=1S/C25H36O/c1-16(2)19-14-15-21(24(18(5)6)23(19)17(3)4)20-12-10-11-13-22(20)26-25(7,8)9/h10-18H,1-9H3. The Morgan fingerprint density at radius 3 is 1.73 bits per heavy atom. The molecule has 0 aliphatic rings. The van der Waals surface area contributed by atoms with Gasteiger partial charge in [0, 0.05) is 5.56 Å². The maximum absolute atomic E-state index is 6.30. The van der Waals surface area contributed by atoms with Crippen molar-refractivity contribution in [1.29, 1.82) is 0 Å². The van der Waals surface area contributed by atoms with Gasteiger partial charge in [0.15, 0.2) is 0 Å². The molecule has 2 aromatic carbocycles. The van der Waals surface area contributed by atoms with Crippen molar-refractivity contribution >= 4 is 0 Å². The van der Waals surface area contributed by atoms with Crippen LogP contribution in [0.4, 0.5) is 0 Å². The van der Waals surface area contributed by atoms with Crippen molar-refractivity contribution in [3.8, 4) is 16.9 Å². The fourth-order valence-corrected chi connectivity index (χ4v) is 3.77. The average Bonchev–Trinajstić information content (AvgIpc) is 2.52. The van der Waals surface area contributed by atoms with E-state index in [1.165, 1.54) is 27.8 Å². The number of para-hydroxylation sites is 1. The first kappa shape index (κ1) is 20.6. The topological polar surface area (TPSA) is 9.23 Å². The van der Waals surface area contributed by atoms with E-state index in [4.69, 9.17) is 4.74 Å². The average molecular weight is 353 g/mol. The summed E-state index contributed by atoms with van der Waals surface area (Å²) in [6.07, 6.45) is 0. The van der Waals surface area contributed by atoms with Crippen molar-refractivity contribution in [2.24, 2.45) is 0 Å². The second kappa shape index (κ2) is 7.86. The van der Waals surface area contributed by atoms with Gasteiger partial charge in [0.1, 0.15) is 11.4 Å². The Balaban J connectivity index is 2.78. The molecule has 26 heavy (non-hydrogen) atoms. The van der Waals surface area contributed by atoms with E-state index in [0.29, 0.717) is 17.8 Å². The van der Waals surface area contributed by atoms with Crippen LogP contribution in [0.15, 0.2) is 36.4 Å². The molecule has 0 radical (unpaired) electrons. The van der Waals surface area contributed by atoms with Gasteiger partial charge >= 0.3 is 0 Å². The molecule has 1 nitrogen and oxygen atoms in total. The molecular weight excluding hydrogens is 316 g/mol. The van der Waals surface area contributed by atoms with Crippen LogP contribution in [0.5, 0.6) is 5.75 Å². The van der Waals surface area contributed by atoms with Crippen molar-refractivity contribution in [2.45, 2.75) is 85.7 Å². The van der Waals surface area contributed by atoms with Gasteiger partial charge in [0.05, 0.1) is 0 Å². The van der Waals surface area contributed by atoms with Gasteiger partial charge in [-0.25, -0.2) is 0 Å². The van der Waals surface area contributed by atoms with Crippen LogP contribution in [-0.2, 0) is 0 Å². The zero-order chi connectivity index (χ0) is 19.6. The van der Waals surface area contributed by atoms with Gasteiger partial charge in [-0.3, -0.25) is 0 Å². The quantitative estimate of drug-likeness (QED) is 0.531. The van der Waals surface area contributed by atoms with Gasteiger partial charge in [0.25, 0.3) is 0 Å². The molecule has 0 heterocycles. The first-order chi connectivity index (χ1) is 12.0. The molecule has 0 atom stereocenters. The van der Waals surface area contributed by atoms with Crippen LogP contribution >= 0.6 is 0 Å². The van der Waals surface area contributed by atoms with Gasteiger partial charge < -0.3 is 4.74 Å². The van der Waals surface area contributed by atoms with E-state index in [9.17, 15) is 0 Å². The van der Waals surface area contributed by atoms with Crippen molar-refractivity contribution in [3.63, 3.8) is 0 Å². The summed E-state index contributed by atoms with van der Waals surface area (Å²) in [5.41, 5.74) is 6.75. The Morgan fingerprint density at radius 2 is 1.23 bits per heavy atom. The summed E-state index contributed by atoms with van der Waals surface area (Å²) in [7, 11) is 0. The Bertz CT molecular complexity index is 745. The SMILES string of the molecule is CC(C)c1ccc(-c2ccccc2OC(C)(C)C)c(C(C)C)c1C(C)C. The molecule has 0 saturated carbocycles. The maximum Gasteiger partial charge on any atom is 0.127 e. The largest absolute Gasteiger partial charge is 0.488 e. The van der Waals surface area contributed by atoms with Crippen LogP contribution < -0.4 is 4.74 Å². The molecular formula is C25H36O. The van der Waals surface area contributed by atoms with Crippen molar-refractivity contribution in [1.82, 2.24) is 0 Å². The van der Waals surface area contributed by atoms with Crippen LogP contribution in [0, 0.1) is 0 Å². The van der Waals surface area contributed by atoms with E-state index >= 15 is 0 Å². The smallest absolute Gasteiger partial charge is 0.127 e. The van der Waals surface area contributed by atoms with Gasteiger partial charge in [-0.05, 0) is 66.8 Å². The molecule has 0 unspecified atom stereocenters. The monoisotopic (exact) mass is 352 g/mol. The minimum absolute atomic E-state index is 0.215. The minimum atomic E-state index is -0.215. The summed E-state index contributed by atoms with van der Waals surface area (Å²) in [5.74, 6) is 2.46. The summed E-state index contributed by atoms with van der Waals surface area (Å²) in [5, 5.41) is 0. The maximum atomic E-state index is 6.30. The van der Waals surface area contributed by atoms with Crippen LogP contribution in [0.1, 0.15) is 96.8 Å². The van der Waals surface area contributed by atoms with Gasteiger partial charge in [-0.15, -0.1) is 0 Å². The third-order valence-corrected chi connectivity index (χ3v) is 4.69. The van der Waals surface area contributed by atoms with Crippen molar-refractivity contribution in [3.05, 3.63) is 53.1 Å². The molecule has 142 valence electrons. The molecule has 0 amide bonds. The Hall–Kier alpha value is -1.76. The first-order valence-electron chi connectivity index (χ1n) is 9.98. The van der Waals surface area contributed by atoms with Crippen LogP contribution in [0.2, 0.25) is 0 Å². The molecule has 0 aromatic heterocycles. The number of rotatable bonds is 5. The molecule has 0 aliphatic heterocycles. The predicted octanol–water partition coefficient (Wildman–Crippen LogP) is 7.90. The molecule has 0 N–H and O–H groups in total. The highest BCUT2D eigenvalue weighted by molar-refractivity contribution is 5.76. The van der Waals surface area contributed by atoms with Gasteiger partial charge in [-0.2, -0.15) is 0 Å². The summed E-state index contributed by atoms with van der Waals surface area (Å²) < 4.78 is 6.30. The molecule has 0 aliphatic carbocycles. The minimum Gasteiger partial charge on any atom is -0.488 e. The summed E-state index contributed by atoms with van der Waals surface area (Å²) in [6.45, 7) is 20.1. The lowest BCUT2D eigenvalue weighted by Gasteiger charge is -2.28. The molecule has 0 bridgehead atoms. The Morgan fingerprint density at radius 1 is 0.654 bits per heavy atom. The number of ether oxygens (including phenoxy) is 1. The van der Waals surface area contributed by atoms with E-state index in [0.717, 1.165) is 5.75 Å². The van der Waals surface area contributed by atoms with E-state index in [1.54, 1.807) is 0 Å². The first-order valence-corrected chi connectivity index (χ1v) is 9.98. The Kier molecular flexibility index (Phi) is 6.21. The predicted molar refractivity (Wildman–Crippen MR) is 115 cm³/mol. The fraction of sp³-hybridized carbons (Fsp3) is 0.520. The van der Waals surface area contributed by atoms with E-state index in [1.807, 2.05) is 0 Å². The van der Waals surface area contributed by atoms with E-state index in [2.05, 4.69) is 98.7 Å². The highest BCUT2D eigenvalue weighted by atomic mass is 16.5. The summed E-state index contributed by atoms with van der Waals surface area (Å²) in [4.78, 5) is 0. The molecule has 2 aromatic rings. The molecule has 1 heteroatoms. The van der Waals surface area contributed by atoms with Gasteiger partial charge in [-0.1, -0.05) is 71.9 Å². The molecule has 0 fully saturated rings. The number of hydrogen-bond acceptors (Lipinski definition) is 1. The summed E-state index contributed by atoms with van der Waals surface area (Å²) in [6, 6.07) is 13.1. The lowest BCUT2D eigenvalue weighted by molar-refractivity contribution is 0.131. The van der Waals surface area contributed by atoms with Crippen LogP contribution in [0.3, 0.4) is 0 Å². The fourth-order valence-electron chi connectivity index (χ4n) is 3.77.